The standard InChI is InChI=1S/C17H23NO3/c1-2-10-9-14(17(20)21)16(19)18-15(10)13-7-6-11-4-3-5-12(11)8-13/h9,11-13H,2-8H2,1H3,(H,18,19)(H,20,21). The van der Waals surface area contributed by atoms with Crippen LogP contribution in [0.3, 0.4) is 0 Å². The van der Waals surface area contributed by atoms with E-state index in [1.807, 2.05) is 6.92 Å². The zero-order valence-electron chi connectivity index (χ0n) is 12.5. The van der Waals surface area contributed by atoms with E-state index in [1.165, 1.54) is 25.7 Å². The molecular weight excluding hydrogens is 266 g/mol. The second kappa shape index (κ2) is 5.66. The lowest BCUT2D eigenvalue weighted by Gasteiger charge is -2.32. The molecule has 3 atom stereocenters. The summed E-state index contributed by atoms with van der Waals surface area (Å²) in [5, 5.41) is 9.09. The summed E-state index contributed by atoms with van der Waals surface area (Å²) in [5.74, 6) is 0.944. The number of rotatable bonds is 3. The van der Waals surface area contributed by atoms with Crippen LogP contribution in [0, 0.1) is 11.8 Å². The Morgan fingerprint density at radius 1 is 1.29 bits per heavy atom. The van der Waals surface area contributed by atoms with Crippen molar-refractivity contribution in [2.45, 2.75) is 57.8 Å². The number of carboxylic acids is 1. The molecule has 1 aromatic rings. The van der Waals surface area contributed by atoms with Gasteiger partial charge in [-0.2, -0.15) is 0 Å². The molecule has 1 aromatic heterocycles. The molecule has 2 saturated carbocycles. The van der Waals surface area contributed by atoms with Gasteiger partial charge in [-0.05, 0) is 55.1 Å². The summed E-state index contributed by atoms with van der Waals surface area (Å²) < 4.78 is 0. The quantitative estimate of drug-likeness (QED) is 0.896. The fourth-order valence-electron chi connectivity index (χ4n) is 4.37. The number of nitrogens with one attached hydrogen (secondary N) is 1. The van der Waals surface area contributed by atoms with Crippen LogP contribution in [0.4, 0.5) is 0 Å². The number of aryl methyl sites for hydroxylation is 1. The smallest absolute Gasteiger partial charge is 0.341 e. The van der Waals surface area contributed by atoms with E-state index in [4.69, 9.17) is 5.11 Å². The summed E-state index contributed by atoms with van der Waals surface area (Å²) in [6.07, 6.45) is 8.32. The molecule has 3 unspecified atom stereocenters. The third-order valence-electron chi connectivity index (χ3n) is 5.47. The van der Waals surface area contributed by atoms with Gasteiger partial charge in [0.15, 0.2) is 0 Å². The maximum Gasteiger partial charge on any atom is 0.341 e. The SMILES string of the molecule is CCc1cc(C(=O)O)c(=O)[nH]c1C1CCC2CCCC2C1. The highest BCUT2D eigenvalue weighted by Crippen LogP contribution is 2.47. The number of carboxylic acid groups (broad SMARTS) is 1. The highest BCUT2D eigenvalue weighted by molar-refractivity contribution is 5.87. The molecule has 0 bridgehead atoms. The Bertz CT molecular complexity index is 605. The molecule has 2 aliphatic carbocycles. The number of aromatic carboxylic acids is 1. The largest absolute Gasteiger partial charge is 0.477 e. The predicted octanol–water partition coefficient (Wildman–Crippen LogP) is 3.32. The summed E-state index contributed by atoms with van der Waals surface area (Å²) in [7, 11) is 0. The Hall–Kier alpha value is -1.58. The van der Waals surface area contributed by atoms with Crippen molar-refractivity contribution in [1.82, 2.24) is 4.98 Å². The van der Waals surface area contributed by atoms with Crippen LogP contribution < -0.4 is 5.56 Å². The third-order valence-corrected chi connectivity index (χ3v) is 5.47. The predicted molar refractivity (Wildman–Crippen MR) is 80.8 cm³/mol. The molecule has 4 nitrogen and oxygen atoms in total. The number of hydrogen-bond acceptors (Lipinski definition) is 2. The minimum atomic E-state index is -1.14. The van der Waals surface area contributed by atoms with E-state index in [0.29, 0.717) is 5.92 Å². The normalized spacial score (nSPS) is 28.3. The Balaban J connectivity index is 1.92. The van der Waals surface area contributed by atoms with Crippen molar-refractivity contribution in [2.24, 2.45) is 11.8 Å². The summed E-state index contributed by atoms with van der Waals surface area (Å²) in [6, 6.07) is 1.58. The van der Waals surface area contributed by atoms with E-state index in [0.717, 1.165) is 42.4 Å². The van der Waals surface area contributed by atoms with Crippen LogP contribution in [0.1, 0.15) is 73.0 Å². The van der Waals surface area contributed by atoms with Crippen molar-refractivity contribution in [1.29, 1.82) is 0 Å². The van der Waals surface area contributed by atoms with Crippen molar-refractivity contribution in [3.8, 4) is 0 Å². The van der Waals surface area contributed by atoms with Crippen molar-refractivity contribution in [3.63, 3.8) is 0 Å². The average Bonchev–Trinajstić information content (AvgIpc) is 2.93. The fourth-order valence-corrected chi connectivity index (χ4v) is 4.37. The molecule has 2 N–H and O–H groups in total. The Morgan fingerprint density at radius 3 is 2.76 bits per heavy atom. The minimum absolute atomic E-state index is 0.134. The zero-order chi connectivity index (χ0) is 15.0. The number of aromatic amines is 1. The molecule has 2 aliphatic rings. The number of fused-ring (bicyclic) bond motifs is 1. The second-order valence-electron chi connectivity index (χ2n) is 6.57. The van der Waals surface area contributed by atoms with Crippen LogP contribution in [0.25, 0.3) is 0 Å². The first kappa shape index (κ1) is 14.4. The fraction of sp³-hybridized carbons (Fsp3) is 0.647. The maximum absolute atomic E-state index is 12.0. The van der Waals surface area contributed by atoms with Crippen LogP contribution in [-0.2, 0) is 6.42 Å². The molecule has 0 amide bonds. The Labute approximate surface area is 124 Å². The van der Waals surface area contributed by atoms with Gasteiger partial charge >= 0.3 is 5.97 Å². The number of hydrogen-bond donors (Lipinski definition) is 2. The van der Waals surface area contributed by atoms with E-state index >= 15 is 0 Å². The molecule has 0 aliphatic heterocycles. The molecule has 3 rings (SSSR count). The molecular formula is C17H23NO3. The summed E-state index contributed by atoms with van der Waals surface area (Å²) >= 11 is 0. The molecule has 0 aromatic carbocycles. The molecule has 2 fully saturated rings. The summed E-state index contributed by atoms with van der Waals surface area (Å²) in [5.41, 5.74) is 1.40. The Kier molecular flexibility index (Phi) is 3.87. The molecule has 4 heteroatoms. The zero-order valence-corrected chi connectivity index (χ0v) is 12.5. The van der Waals surface area contributed by atoms with Crippen molar-refractivity contribution in [2.75, 3.05) is 0 Å². The van der Waals surface area contributed by atoms with E-state index < -0.39 is 11.5 Å². The summed E-state index contributed by atoms with van der Waals surface area (Å²) in [4.78, 5) is 26.0. The highest BCUT2D eigenvalue weighted by atomic mass is 16.4. The van der Waals surface area contributed by atoms with Crippen LogP contribution in [0.2, 0.25) is 0 Å². The number of pyridine rings is 1. The van der Waals surface area contributed by atoms with Gasteiger partial charge in [-0.1, -0.05) is 26.2 Å². The Morgan fingerprint density at radius 2 is 2.05 bits per heavy atom. The lowest BCUT2D eigenvalue weighted by molar-refractivity contribution is 0.0694. The van der Waals surface area contributed by atoms with Crippen LogP contribution >= 0.6 is 0 Å². The molecule has 21 heavy (non-hydrogen) atoms. The van der Waals surface area contributed by atoms with E-state index in [9.17, 15) is 9.59 Å². The maximum atomic E-state index is 12.0. The topological polar surface area (TPSA) is 70.2 Å². The van der Waals surface area contributed by atoms with Gasteiger partial charge < -0.3 is 10.1 Å². The molecule has 1 heterocycles. The van der Waals surface area contributed by atoms with Crippen LogP contribution in [0.5, 0.6) is 0 Å². The first-order valence-corrected chi connectivity index (χ1v) is 8.09. The lowest BCUT2D eigenvalue weighted by Crippen LogP contribution is -2.25. The monoisotopic (exact) mass is 289 g/mol. The third kappa shape index (κ3) is 2.63. The van der Waals surface area contributed by atoms with Crippen LogP contribution in [-0.4, -0.2) is 16.1 Å². The van der Waals surface area contributed by atoms with Crippen molar-refractivity contribution < 1.29 is 9.90 Å². The highest BCUT2D eigenvalue weighted by Gasteiger charge is 2.35. The van der Waals surface area contributed by atoms with Crippen molar-refractivity contribution in [3.05, 3.63) is 33.2 Å². The molecule has 0 spiro atoms. The number of H-pyrrole nitrogens is 1. The van der Waals surface area contributed by atoms with Gasteiger partial charge in [-0.15, -0.1) is 0 Å². The summed E-state index contributed by atoms with van der Waals surface area (Å²) in [6.45, 7) is 2.02. The van der Waals surface area contributed by atoms with Gasteiger partial charge in [0.25, 0.3) is 5.56 Å². The van der Waals surface area contributed by atoms with E-state index in [2.05, 4.69) is 4.98 Å². The average molecular weight is 289 g/mol. The van der Waals surface area contributed by atoms with Gasteiger partial charge in [-0.25, -0.2) is 4.79 Å². The van der Waals surface area contributed by atoms with Gasteiger partial charge in [-0.3, -0.25) is 4.79 Å². The minimum Gasteiger partial charge on any atom is -0.477 e. The van der Waals surface area contributed by atoms with Crippen molar-refractivity contribution >= 4 is 5.97 Å². The first-order valence-electron chi connectivity index (χ1n) is 8.09. The molecule has 114 valence electrons. The number of carbonyl (C=O) groups is 1. The first-order chi connectivity index (χ1) is 10.1. The lowest BCUT2D eigenvalue weighted by atomic mass is 9.74. The van der Waals surface area contributed by atoms with Gasteiger partial charge in [0.05, 0.1) is 0 Å². The van der Waals surface area contributed by atoms with E-state index in [1.54, 1.807) is 6.07 Å². The van der Waals surface area contributed by atoms with E-state index in [-0.39, 0.29) is 5.56 Å². The number of aromatic nitrogens is 1. The van der Waals surface area contributed by atoms with Gasteiger partial charge in [0.1, 0.15) is 5.56 Å². The van der Waals surface area contributed by atoms with Gasteiger partial charge in [0, 0.05) is 5.69 Å². The second-order valence-corrected chi connectivity index (χ2v) is 6.57. The molecule has 0 saturated heterocycles. The molecule has 0 radical (unpaired) electrons. The van der Waals surface area contributed by atoms with Gasteiger partial charge in [0.2, 0.25) is 0 Å². The van der Waals surface area contributed by atoms with Crippen LogP contribution in [0.15, 0.2) is 10.9 Å².